The molecule has 106 valence electrons. The zero-order chi connectivity index (χ0) is 14.9. The predicted molar refractivity (Wildman–Crippen MR) is 69.2 cm³/mol. The van der Waals surface area contributed by atoms with E-state index in [1.54, 1.807) is 0 Å². The van der Waals surface area contributed by atoms with Gasteiger partial charge in [0.15, 0.2) is 0 Å². The molecule has 1 aliphatic rings. The van der Waals surface area contributed by atoms with Crippen molar-refractivity contribution in [2.45, 2.75) is 24.8 Å². The summed E-state index contributed by atoms with van der Waals surface area (Å²) in [7, 11) is 0. The Morgan fingerprint density at radius 3 is 2.50 bits per heavy atom. The molecule has 1 amide bonds. The lowest BCUT2D eigenvalue weighted by molar-refractivity contribution is -0.383. The van der Waals surface area contributed by atoms with Crippen molar-refractivity contribution in [3.63, 3.8) is 0 Å². The van der Waals surface area contributed by atoms with Gasteiger partial charge in [-0.05, 0) is 31.4 Å². The van der Waals surface area contributed by atoms with Crippen LogP contribution in [0.3, 0.4) is 0 Å². The third kappa shape index (κ3) is 2.27. The highest BCUT2D eigenvalue weighted by Crippen LogP contribution is 2.32. The van der Waals surface area contributed by atoms with E-state index in [-0.39, 0.29) is 16.9 Å². The van der Waals surface area contributed by atoms with Crippen LogP contribution in [0.15, 0.2) is 18.2 Å². The number of carbonyl (C=O) groups is 2. The maximum Gasteiger partial charge on any atom is 0.329 e. The van der Waals surface area contributed by atoms with Crippen LogP contribution in [0.2, 0.25) is 0 Å². The zero-order valence-corrected chi connectivity index (χ0v) is 10.5. The van der Waals surface area contributed by atoms with Gasteiger partial charge in [0.1, 0.15) is 11.2 Å². The number of hydrogen-bond acceptors (Lipinski definition) is 5. The maximum atomic E-state index is 12.0. The number of aliphatic carboxylic acids is 1. The summed E-state index contributed by atoms with van der Waals surface area (Å²) in [5.41, 5.74) is 3.76. The first-order valence-corrected chi connectivity index (χ1v) is 5.95. The summed E-state index contributed by atoms with van der Waals surface area (Å²) in [5.74, 6) is -1.75. The average Bonchev–Trinajstić information content (AvgIpc) is 2.33. The van der Waals surface area contributed by atoms with Crippen molar-refractivity contribution >= 4 is 23.3 Å². The molecule has 4 N–H and O–H groups in total. The number of nitrogens with zero attached hydrogens (tertiary/aromatic N) is 1. The maximum absolute atomic E-state index is 12.0. The fourth-order valence-corrected chi connectivity index (χ4v) is 2.06. The largest absolute Gasteiger partial charge is 0.480 e. The van der Waals surface area contributed by atoms with Gasteiger partial charge in [0.2, 0.25) is 0 Å². The van der Waals surface area contributed by atoms with Crippen molar-refractivity contribution in [3.05, 3.63) is 33.9 Å². The topological polar surface area (TPSA) is 136 Å². The first kappa shape index (κ1) is 13.8. The lowest BCUT2D eigenvalue weighted by atomic mass is 9.76. The molecule has 1 aliphatic carbocycles. The Bertz CT molecular complexity index is 595. The molecule has 1 aromatic rings. The fourth-order valence-electron chi connectivity index (χ4n) is 2.06. The molecule has 0 radical (unpaired) electrons. The molecule has 0 aromatic heterocycles. The second-order valence-corrected chi connectivity index (χ2v) is 4.73. The normalized spacial score (nSPS) is 16.0. The summed E-state index contributed by atoms with van der Waals surface area (Å²) < 4.78 is 0. The van der Waals surface area contributed by atoms with Crippen molar-refractivity contribution in [2.75, 3.05) is 5.73 Å². The Morgan fingerprint density at radius 1 is 1.40 bits per heavy atom. The van der Waals surface area contributed by atoms with E-state index < -0.39 is 22.3 Å². The van der Waals surface area contributed by atoms with Gasteiger partial charge < -0.3 is 16.2 Å². The van der Waals surface area contributed by atoms with Gasteiger partial charge in [-0.2, -0.15) is 0 Å². The minimum Gasteiger partial charge on any atom is -0.480 e. The molecular formula is C12H13N3O5. The van der Waals surface area contributed by atoms with Gasteiger partial charge in [-0.1, -0.05) is 0 Å². The van der Waals surface area contributed by atoms with E-state index in [4.69, 9.17) is 10.8 Å². The van der Waals surface area contributed by atoms with E-state index in [0.29, 0.717) is 19.3 Å². The molecule has 8 heteroatoms. The molecule has 0 spiro atoms. The van der Waals surface area contributed by atoms with Gasteiger partial charge in [0, 0.05) is 11.6 Å². The number of nitrogens with one attached hydrogen (secondary N) is 1. The summed E-state index contributed by atoms with van der Waals surface area (Å²) in [6, 6.07) is 3.62. The number of carbonyl (C=O) groups excluding carboxylic acids is 1. The fraction of sp³-hybridized carbons (Fsp3) is 0.333. The van der Waals surface area contributed by atoms with E-state index in [9.17, 15) is 19.7 Å². The summed E-state index contributed by atoms with van der Waals surface area (Å²) in [6.45, 7) is 0. The van der Waals surface area contributed by atoms with Crippen molar-refractivity contribution < 1.29 is 19.6 Å². The highest BCUT2D eigenvalue weighted by atomic mass is 16.6. The summed E-state index contributed by atoms with van der Waals surface area (Å²) in [5, 5.41) is 22.3. The predicted octanol–water partition coefficient (Wildman–Crippen LogP) is 0.914. The van der Waals surface area contributed by atoms with Crippen LogP contribution in [-0.4, -0.2) is 27.4 Å². The van der Waals surface area contributed by atoms with E-state index in [1.165, 1.54) is 12.1 Å². The van der Waals surface area contributed by atoms with Gasteiger partial charge in [0.05, 0.1) is 4.92 Å². The Morgan fingerprint density at radius 2 is 2.05 bits per heavy atom. The molecule has 0 bridgehead atoms. The van der Waals surface area contributed by atoms with Crippen molar-refractivity contribution in [1.29, 1.82) is 0 Å². The lowest BCUT2D eigenvalue weighted by Crippen LogP contribution is -2.59. The molecule has 1 saturated carbocycles. The number of carboxylic acids is 1. The molecule has 8 nitrogen and oxygen atoms in total. The molecule has 1 fully saturated rings. The Labute approximate surface area is 113 Å². The molecule has 0 atom stereocenters. The second-order valence-electron chi connectivity index (χ2n) is 4.73. The number of nitrogens with two attached hydrogens (primary N) is 1. The molecule has 20 heavy (non-hydrogen) atoms. The van der Waals surface area contributed by atoms with Gasteiger partial charge in [0.25, 0.3) is 11.6 Å². The van der Waals surface area contributed by atoms with Crippen molar-refractivity contribution in [3.8, 4) is 0 Å². The number of anilines is 1. The summed E-state index contributed by atoms with van der Waals surface area (Å²) in [4.78, 5) is 33.2. The lowest BCUT2D eigenvalue weighted by Gasteiger charge is -2.38. The second kappa shape index (κ2) is 4.80. The number of hydrogen-bond donors (Lipinski definition) is 3. The first-order valence-electron chi connectivity index (χ1n) is 5.95. The third-order valence-corrected chi connectivity index (χ3v) is 3.46. The number of benzene rings is 1. The van der Waals surface area contributed by atoms with Crippen LogP contribution in [0.4, 0.5) is 11.4 Å². The van der Waals surface area contributed by atoms with Gasteiger partial charge in [-0.3, -0.25) is 14.9 Å². The molecular weight excluding hydrogens is 266 g/mol. The molecule has 1 aromatic carbocycles. The smallest absolute Gasteiger partial charge is 0.329 e. The molecule has 2 rings (SSSR count). The van der Waals surface area contributed by atoms with Crippen molar-refractivity contribution in [1.82, 2.24) is 5.32 Å². The number of nitro benzene ring substituents is 1. The number of nitro groups is 1. The minimum absolute atomic E-state index is 0.0124. The standard InChI is InChI=1S/C12H13N3O5/c13-8-3-2-7(6-9(8)15(19)20)10(16)14-12(11(17)18)4-1-5-12/h2-3,6H,1,4-5,13H2,(H,14,16)(H,17,18). The highest BCUT2D eigenvalue weighted by molar-refractivity contribution is 5.99. The van der Waals surface area contributed by atoms with Gasteiger partial charge in [-0.15, -0.1) is 0 Å². The number of rotatable bonds is 4. The van der Waals surface area contributed by atoms with Crippen LogP contribution < -0.4 is 11.1 Å². The Kier molecular flexibility index (Phi) is 3.31. The SMILES string of the molecule is Nc1ccc(C(=O)NC2(C(=O)O)CCC2)cc1[N+](=O)[O-]. The van der Waals surface area contributed by atoms with Crippen LogP contribution in [0, 0.1) is 10.1 Å². The summed E-state index contributed by atoms with van der Waals surface area (Å²) in [6.07, 6.45) is 1.42. The Balaban J connectivity index is 2.24. The third-order valence-electron chi connectivity index (χ3n) is 3.46. The molecule has 0 saturated heterocycles. The van der Waals surface area contributed by atoms with Crippen molar-refractivity contribution in [2.24, 2.45) is 0 Å². The minimum atomic E-state index is -1.26. The first-order chi connectivity index (χ1) is 9.35. The average molecular weight is 279 g/mol. The quantitative estimate of drug-likeness (QED) is 0.426. The molecule has 0 heterocycles. The number of amides is 1. The van der Waals surface area contributed by atoms with Gasteiger partial charge >= 0.3 is 5.97 Å². The monoisotopic (exact) mass is 279 g/mol. The number of carboxylic acid groups (broad SMARTS) is 1. The van der Waals surface area contributed by atoms with E-state index >= 15 is 0 Å². The van der Waals surface area contributed by atoms with E-state index in [2.05, 4.69) is 5.32 Å². The van der Waals surface area contributed by atoms with E-state index in [1.807, 2.05) is 0 Å². The van der Waals surface area contributed by atoms with Crippen LogP contribution in [0.25, 0.3) is 0 Å². The van der Waals surface area contributed by atoms with Crippen LogP contribution >= 0.6 is 0 Å². The van der Waals surface area contributed by atoms with Gasteiger partial charge in [-0.25, -0.2) is 4.79 Å². The van der Waals surface area contributed by atoms with Crippen LogP contribution in [0.1, 0.15) is 29.6 Å². The van der Waals surface area contributed by atoms with Crippen LogP contribution in [0.5, 0.6) is 0 Å². The highest BCUT2D eigenvalue weighted by Gasteiger charge is 2.45. The molecule has 0 aliphatic heterocycles. The molecule has 0 unspecified atom stereocenters. The zero-order valence-electron chi connectivity index (χ0n) is 10.5. The van der Waals surface area contributed by atoms with E-state index in [0.717, 1.165) is 6.07 Å². The number of nitrogen functional groups attached to an aromatic ring is 1. The van der Waals surface area contributed by atoms with Crippen LogP contribution in [-0.2, 0) is 4.79 Å². The Hall–Kier alpha value is -2.64. The summed E-state index contributed by atoms with van der Waals surface area (Å²) >= 11 is 0.